The average molecular weight is 569 g/mol. The maximum atomic E-state index is 12.0. The highest BCUT2D eigenvalue weighted by atomic mass is 35.5. The molecular formula is C27H39Cl2N5O4. The molecule has 1 aliphatic carbocycles. The number of hydrogen-bond donors (Lipinski definition) is 4. The maximum absolute atomic E-state index is 12.0. The average Bonchev–Trinajstić information content (AvgIpc) is 3.35. The molecule has 2 aromatic rings. The Balaban J connectivity index is 0.000000297. The van der Waals surface area contributed by atoms with Crippen LogP contribution in [0.5, 0.6) is 0 Å². The zero-order valence-electron chi connectivity index (χ0n) is 22.3. The number of carbonyl (C=O) groups excluding carboxylic acids is 3. The third-order valence-corrected chi connectivity index (χ3v) is 6.05. The monoisotopic (exact) mass is 567 g/mol. The molecule has 1 unspecified atom stereocenters. The number of halogens is 2. The summed E-state index contributed by atoms with van der Waals surface area (Å²) in [6.07, 6.45) is 9.87. The van der Waals surface area contributed by atoms with E-state index >= 15 is 0 Å². The normalized spacial score (nSPS) is 15.6. The number of aryl methyl sites for hydroxylation is 1. The van der Waals surface area contributed by atoms with E-state index in [9.17, 15) is 14.4 Å². The van der Waals surface area contributed by atoms with Crippen molar-refractivity contribution in [2.45, 2.75) is 65.0 Å². The van der Waals surface area contributed by atoms with Crippen LogP contribution in [0.15, 0.2) is 36.7 Å². The number of benzene rings is 1. The predicted octanol–water partition coefficient (Wildman–Crippen LogP) is 4.50. The molecule has 9 nitrogen and oxygen atoms in total. The molecule has 0 radical (unpaired) electrons. The first kappa shape index (κ1) is 33.3. The molecule has 2 amide bonds. The predicted molar refractivity (Wildman–Crippen MR) is 153 cm³/mol. The molecule has 1 aliphatic heterocycles. The summed E-state index contributed by atoms with van der Waals surface area (Å²) in [7, 11) is 0. The van der Waals surface area contributed by atoms with E-state index in [-0.39, 0.29) is 28.1 Å². The third kappa shape index (κ3) is 14.3. The molecule has 5 N–H and O–H groups in total. The van der Waals surface area contributed by atoms with Gasteiger partial charge in [-0.25, -0.2) is 0 Å². The lowest BCUT2D eigenvalue weighted by Crippen LogP contribution is -2.27. The summed E-state index contributed by atoms with van der Waals surface area (Å²) in [5, 5.41) is 8.69. The lowest BCUT2D eigenvalue weighted by molar-refractivity contribution is -0.142. The molecule has 0 spiro atoms. The van der Waals surface area contributed by atoms with E-state index in [1.807, 2.05) is 31.2 Å². The Labute approximate surface area is 235 Å². The fourth-order valence-corrected chi connectivity index (χ4v) is 3.63. The van der Waals surface area contributed by atoms with E-state index < -0.39 is 5.97 Å². The second kappa shape index (κ2) is 19.4. The Morgan fingerprint density at radius 1 is 1.13 bits per heavy atom. The van der Waals surface area contributed by atoms with E-state index in [0.717, 1.165) is 11.6 Å². The van der Waals surface area contributed by atoms with Crippen LogP contribution in [0, 0.1) is 6.92 Å². The lowest BCUT2D eigenvalue weighted by atomic mass is 9.95. The van der Waals surface area contributed by atoms with Crippen molar-refractivity contribution in [2.75, 3.05) is 25.0 Å². The lowest BCUT2D eigenvalue weighted by Gasteiger charge is -2.18. The fraction of sp³-hybridized carbons (Fsp3) is 0.481. The summed E-state index contributed by atoms with van der Waals surface area (Å²) in [6.45, 7) is 7.45. The molecule has 2 heterocycles. The molecule has 0 bridgehead atoms. The van der Waals surface area contributed by atoms with Crippen LogP contribution in [0.4, 0.5) is 5.69 Å². The van der Waals surface area contributed by atoms with Crippen molar-refractivity contribution in [3.63, 3.8) is 0 Å². The van der Waals surface area contributed by atoms with Crippen molar-refractivity contribution in [3.8, 4) is 0 Å². The standard InChI is InChI=1S/C13H10Cl2N2O.C5H9NO3.C5H11N.C4H9N/c1-8-2-4-9(5-3-8)17-13(18)12-10(14)6-16-7-11(12)15;1-2-9-5(8)3-6-4-7;1-5-3-2-4-6-5;5-4-2-1-3-4/h2-7H,1H3,(H,17,18);4H,2-3H2,1H3,(H,6,7);5-6H,2-4H2,1H3;4H,1-3,5H2. The van der Waals surface area contributed by atoms with Crippen LogP contribution < -0.4 is 21.7 Å². The highest BCUT2D eigenvalue weighted by Crippen LogP contribution is 2.24. The number of aromatic nitrogens is 1. The number of nitrogens with one attached hydrogen (secondary N) is 3. The van der Waals surface area contributed by atoms with Gasteiger partial charge < -0.3 is 26.4 Å². The van der Waals surface area contributed by atoms with E-state index in [4.69, 9.17) is 28.9 Å². The highest BCUT2D eigenvalue weighted by molar-refractivity contribution is 6.40. The number of carbonyl (C=O) groups is 3. The molecule has 1 saturated heterocycles. The fourth-order valence-electron chi connectivity index (χ4n) is 3.09. The van der Waals surface area contributed by atoms with Gasteiger partial charge in [0, 0.05) is 30.2 Å². The molecule has 4 rings (SSSR count). The van der Waals surface area contributed by atoms with Crippen LogP contribution in [0.1, 0.15) is 61.9 Å². The molecule has 210 valence electrons. The van der Waals surface area contributed by atoms with Crippen molar-refractivity contribution in [1.29, 1.82) is 0 Å². The molecule has 11 heteroatoms. The summed E-state index contributed by atoms with van der Waals surface area (Å²) in [5.41, 5.74) is 7.42. The van der Waals surface area contributed by atoms with Gasteiger partial charge in [-0.15, -0.1) is 0 Å². The number of nitrogens with two attached hydrogens (primary N) is 1. The van der Waals surface area contributed by atoms with Gasteiger partial charge in [0.2, 0.25) is 6.41 Å². The number of nitrogens with zero attached hydrogens (tertiary/aromatic N) is 1. The first-order chi connectivity index (χ1) is 18.2. The van der Waals surface area contributed by atoms with E-state index in [1.54, 1.807) is 6.92 Å². The van der Waals surface area contributed by atoms with Crippen LogP contribution in [-0.4, -0.2) is 55.1 Å². The maximum Gasteiger partial charge on any atom is 0.325 e. The molecular weight excluding hydrogens is 529 g/mol. The van der Waals surface area contributed by atoms with Crippen molar-refractivity contribution in [1.82, 2.24) is 15.6 Å². The minimum atomic E-state index is -0.412. The SMILES string of the molecule is CC1CCCN1.CCOC(=O)CNC=O.Cc1ccc(NC(=O)c2c(Cl)cncc2Cl)cc1.NC1CCC1. The zero-order valence-corrected chi connectivity index (χ0v) is 23.8. The van der Waals surface area contributed by atoms with Crippen molar-refractivity contribution in [3.05, 3.63) is 57.8 Å². The largest absolute Gasteiger partial charge is 0.465 e. The van der Waals surface area contributed by atoms with Gasteiger partial charge in [0.25, 0.3) is 5.91 Å². The number of rotatable bonds is 6. The minimum Gasteiger partial charge on any atom is -0.465 e. The van der Waals surface area contributed by atoms with Crippen LogP contribution in [-0.2, 0) is 14.3 Å². The van der Waals surface area contributed by atoms with E-state index in [2.05, 4.69) is 32.6 Å². The summed E-state index contributed by atoms with van der Waals surface area (Å²) in [5.74, 6) is -0.763. The Morgan fingerprint density at radius 3 is 2.13 bits per heavy atom. The first-order valence-electron chi connectivity index (χ1n) is 12.7. The van der Waals surface area contributed by atoms with Gasteiger partial charge in [-0.1, -0.05) is 47.3 Å². The second-order valence-corrected chi connectivity index (χ2v) is 9.60. The summed E-state index contributed by atoms with van der Waals surface area (Å²) in [4.78, 5) is 35.8. The molecule has 38 heavy (non-hydrogen) atoms. The summed E-state index contributed by atoms with van der Waals surface area (Å²) < 4.78 is 4.48. The van der Waals surface area contributed by atoms with Crippen LogP contribution in [0.3, 0.4) is 0 Å². The first-order valence-corrected chi connectivity index (χ1v) is 13.4. The van der Waals surface area contributed by atoms with Crippen molar-refractivity contribution in [2.24, 2.45) is 5.73 Å². The van der Waals surface area contributed by atoms with Gasteiger partial charge in [-0.05, 0) is 65.1 Å². The Bertz CT molecular complexity index is 962. The summed E-state index contributed by atoms with van der Waals surface area (Å²) in [6, 6.07) is 8.81. The number of esters is 1. The van der Waals surface area contributed by atoms with Crippen molar-refractivity contribution >= 4 is 47.2 Å². The molecule has 1 aromatic carbocycles. The number of ether oxygens (including phenoxy) is 1. The van der Waals surface area contributed by atoms with Gasteiger partial charge in [0.1, 0.15) is 6.54 Å². The van der Waals surface area contributed by atoms with Crippen molar-refractivity contribution < 1.29 is 19.1 Å². The highest BCUT2D eigenvalue weighted by Gasteiger charge is 2.15. The Hall–Kier alpha value is -2.72. The molecule has 1 atom stereocenters. The van der Waals surface area contributed by atoms with Gasteiger partial charge in [0.15, 0.2) is 0 Å². The van der Waals surface area contributed by atoms with Gasteiger partial charge in [-0.3, -0.25) is 19.4 Å². The van der Waals surface area contributed by atoms with Gasteiger partial charge >= 0.3 is 5.97 Å². The molecule has 1 aromatic heterocycles. The third-order valence-electron chi connectivity index (χ3n) is 5.48. The van der Waals surface area contributed by atoms with Crippen LogP contribution in [0.2, 0.25) is 10.0 Å². The molecule has 1 saturated carbocycles. The quantitative estimate of drug-likeness (QED) is 0.298. The van der Waals surface area contributed by atoms with Gasteiger partial charge in [0.05, 0.1) is 22.2 Å². The Morgan fingerprint density at radius 2 is 1.74 bits per heavy atom. The van der Waals surface area contributed by atoms with Crippen LogP contribution in [0.25, 0.3) is 0 Å². The second-order valence-electron chi connectivity index (χ2n) is 8.79. The smallest absolute Gasteiger partial charge is 0.325 e. The van der Waals surface area contributed by atoms with E-state index in [1.165, 1.54) is 51.0 Å². The topological polar surface area (TPSA) is 135 Å². The number of anilines is 1. The van der Waals surface area contributed by atoms with E-state index in [0.29, 0.717) is 24.7 Å². The van der Waals surface area contributed by atoms with Gasteiger partial charge in [-0.2, -0.15) is 0 Å². The Kier molecular flexibility index (Phi) is 17.0. The summed E-state index contributed by atoms with van der Waals surface area (Å²) >= 11 is 11.8. The zero-order chi connectivity index (χ0) is 28.3. The van der Waals surface area contributed by atoms with Crippen LogP contribution >= 0.6 is 23.2 Å². The number of amides is 2. The minimum absolute atomic E-state index is 0.0443. The number of hydrogen-bond acceptors (Lipinski definition) is 7. The molecule has 2 fully saturated rings. The molecule has 2 aliphatic rings. The number of pyridine rings is 1.